The standard InChI is InChI=1S/C15H19N5O/c16-11-4-1-5-12-14(11)15(10-3-2-7-18-9-10)19-20(12)8-6-13(17)21/h2-3,7,9,11H,1,4-6,8,16H2,(H2,17,21). The first-order valence-electron chi connectivity index (χ1n) is 7.20. The predicted octanol–water partition coefficient (Wildman–Crippen LogP) is 1.16. The second-order valence-electron chi connectivity index (χ2n) is 5.39. The molecule has 0 radical (unpaired) electrons. The van der Waals surface area contributed by atoms with Gasteiger partial charge in [-0.1, -0.05) is 0 Å². The minimum absolute atomic E-state index is 0.00807. The minimum Gasteiger partial charge on any atom is -0.370 e. The maximum absolute atomic E-state index is 11.0. The number of nitrogens with zero attached hydrogens (tertiary/aromatic N) is 3. The molecular formula is C15H19N5O. The van der Waals surface area contributed by atoms with Crippen LogP contribution in [0, 0.1) is 0 Å². The van der Waals surface area contributed by atoms with E-state index in [9.17, 15) is 4.79 Å². The molecule has 0 spiro atoms. The highest BCUT2D eigenvalue weighted by Crippen LogP contribution is 2.35. The van der Waals surface area contributed by atoms with Crippen molar-refractivity contribution in [2.75, 3.05) is 0 Å². The molecule has 0 fully saturated rings. The van der Waals surface area contributed by atoms with Crippen LogP contribution in [-0.2, 0) is 17.8 Å². The van der Waals surface area contributed by atoms with Crippen molar-refractivity contribution in [2.45, 2.75) is 38.3 Å². The summed E-state index contributed by atoms with van der Waals surface area (Å²) in [5.41, 5.74) is 15.6. The number of aryl methyl sites for hydroxylation is 1. The van der Waals surface area contributed by atoms with Gasteiger partial charge in [-0.3, -0.25) is 14.5 Å². The van der Waals surface area contributed by atoms with Crippen molar-refractivity contribution in [3.63, 3.8) is 0 Å². The highest BCUT2D eigenvalue weighted by Gasteiger charge is 2.27. The van der Waals surface area contributed by atoms with Crippen LogP contribution in [0.2, 0.25) is 0 Å². The summed E-state index contributed by atoms with van der Waals surface area (Å²) in [6.45, 7) is 0.505. The summed E-state index contributed by atoms with van der Waals surface area (Å²) >= 11 is 0. The third-order valence-corrected chi connectivity index (χ3v) is 3.90. The molecule has 6 heteroatoms. The molecule has 110 valence electrons. The van der Waals surface area contributed by atoms with Crippen LogP contribution in [0.4, 0.5) is 0 Å². The smallest absolute Gasteiger partial charge is 0.219 e. The lowest BCUT2D eigenvalue weighted by Gasteiger charge is -2.20. The summed E-state index contributed by atoms with van der Waals surface area (Å²) in [6, 6.07) is 3.86. The number of pyridine rings is 1. The summed E-state index contributed by atoms with van der Waals surface area (Å²) in [4.78, 5) is 15.2. The van der Waals surface area contributed by atoms with Gasteiger partial charge in [-0.15, -0.1) is 0 Å². The quantitative estimate of drug-likeness (QED) is 0.880. The number of primary amides is 1. The first kappa shape index (κ1) is 13.8. The van der Waals surface area contributed by atoms with Crippen LogP contribution in [-0.4, -0.2) is 20.7 Å². The number of fused-ring (bicyclic) bond motifs is 1. The topological polar surface area (TPSA) is 99.8 Å². The Hall–Kier alpha value is -2.21. The number of carbonyl (C=O) groups excluding carboxylic acids is 1. The van der Waals surface area contributed by atoms with E-state index in [4.69, 9.17) is 11.5 Å². The average molecular weight is 285 g/mol. The Morgan fingerprint density at radius 1 is 1.48 bits per heavy atom. The Bertz CT molecular complexity index is 650. The van der Waals surface area contributed by atoms with Gasteiger partial charge >= 0.3 is 0 Å². The molecular weight excluding hydrogens is 266 g/mol. The molecule has 2 aromatic heterocycles. The van der Waals surface area contributed by atoms with Crippen LogP contribution in [0.15, 0.2) is 24.5 Å². The normalized spacial score (nSPS) is 17.5. The SMILES string of the molecule is NC(=O)CCn1nc(-c2cccnc2)c2c1CCCC2N. The fourth-order valence-corrected chi connectivity index (χ4v) is 2.91. The van der Waals surface area contributed by atoms with E-state index in [1.165, 1.54) is 0 Å². The zero-order chi connectivity index (χ0) is 14.8. The van der Waals surface area contributed by atoms with E-state index in [2.05, 4.69) is 10.1 Å². The van der Waals surface area contributed by atoms with Crippen molar-refractivity contribution in [1.29, 1.82) is 0 Å². The predicted molar refractivity (Wildman–Crippen MR) is 79.1 cm³/mol. The number of hydrogen-bond donors (Lipinski definition) is 2. The van der Waals surface area contributed by atoms with Crippen molar-refractivity contribution in [1.82, 2.24) is 14.8 Å². The van der Waals surface area contributed by atoms with Crippen molar-refractivity contribution < 1.29 is 4.79 Å². The molecule has 1 atom stereocenters. The second-order valence-corrected chi connectivity index (χ2v) is 5.39. The van der Waals surface area contributed by atoms with E-state index in [1.807, 2.05) is 16.8 Å². The van der Waals surface area contributed by atoms with Gasteiger partial charge in [0.15, 0.2) is 0 Å². The first-order valence-corrected chi connectivity index (χ1v) is 7.20. The van der Waals surface area contributed by atoms with E-state index in [-0.39, 0.29) is 18.4 Å². The third kappa shape index (κ3) is 2.67. The summed E-state index contributed by atoms with van der Waals surface area (Å²) < 4.78 is 1.89. The summed E-state index contributed by atoms with van der Waals surface area (Å²) in [5, 5.41) is 4.67. The first-order chi connectivity index (χ1) is 10.2. The lowest BCUT2D eigenvalue weighted by atomic mass is 9.90. The molecule has 1 amide bonds. The Kier molecular flexibility index (Phi) is 3.70. The lowest BCUT2D eigenvalue weighted by molar-refractivity contribution is -0.118. The van der Waals surface area contributed by atoms with E-state index < -0.39 is 0 Å². The van der Waals surface area contributed by atoms with Crippen molar-refractivity contribution in [3.05, 3.63) is 35.8 Å². The molecule has 1 aliphatic carbocycles. The van der Waals surface area contributed by atoms with Gasteiger partial charge in [0.25, 0.3) is 0 Å². The Morgan fingerprint density at radius 2 is 2.33 bits per heavy atom. The van der Waals surface area contributed by atoms with Gasteiger partial charge in [0.2, 0.25) is 5.91 Å². The van der Waals surface area contributed by atoms with E-state index >= 15 is 0 Å². The summed E-state index contributed by atoms with van der Waals surface area (Å²) in [7, 11) is 0. The Morgan fingerprint density at radius 3 is 3.05 bits per heavy atom. The molecule has 3 rings (SSSR count). The second kappa shape index (κ2) is 5.65. The maximum Gasteiger partial charge on any atom is 0.219 e. The van der Waals surface area contributed by atoms with Crippen LogP contribution in [0.25, 0.3) is 11.3 Å². The Labute approximate surface area is 123 Å². The lowest BCUT2D eigenvalue weighted by Crippen LogP contribution is -2.20. The maximum atomic E-state index is 11.0. The average Bonchev–Trinajstić information content (AvgIpc) is 2.86. The van der Waals surface area contributed by atoms with Gasteiger partial charge in [0.05, 0.1) is 5.69 Å². The highest BCUT2D eigenvalue weighted by molar-refractivity contribution is 5.73. The molecule has 1 unspecified atom stereocenters. The molecule has 0 saturated heterocycles. The van der Waals surface area contributed by atoms with E-state index in [1.54, 1.807) is 12.4 Å². The van der Waals surface area contributed by atoms with Gasteiger partial charge in [0.1, 0.15) is 0 Å². The molecule has 0 aromatic carbocycles. The molecule has 1 aliphatic rings. The van der Waals surface area contributed by atoms with Crippen LogP contribution in [0.3, 0.4) is 0 Å². The summed E-state index contributed by atoms with van der Waals surface area (Å²) in [5.74, 6) is -0.317. The number of rotatable bonds is 4. The van der Waals surface area contributed by atoms with E-state index in [0.717, 1.165) is 41.8 Å². The molecule has 0 aliphatic heterocycles. The molecule has 2 aromatic rings. The molecule has 0 saturated carbocycles. The van der Waals surface area contributed by atoms with Crippen molar-refractivity contribution in [3.8, 4) is 11.3 Å². The highest BCUT2D eigenvalue weighted by atomic mass is 16.1. The summed E-state index contributed by atoms with van der Waals surface area (Å²) in [6.07, 6.45) is 6.76. The van der Waals surface area contributed by atoms with E-state index in [0.29, 0.717) is 6.54 Å². The van der Waals surface area contributed by atoms with Crippen LogP contribution >= 0.6 is 0 Å². The fourth-order valence-electron chi connectivity index (χ4n) is 2.91. The van der Waals surface area contributed by atoms with Gasteiger partial charge in [-0.05, 0) is 31.4 Å². The van der Waals surface area contributed by atoms with Crippen molar-refractivity contribution >= 4 is 5.91 Å². The third-order valence-electron chi connectivity index (χ3n) is 3.90. The Balaban J connectivity index is 2.05. The van der Waals surface area contributed by atoms with Crippen LogP contribution in [0.5, 0.6) is 0 Å². The number of aromatic nitrogens is 3. The molecule has 21 heavy (non-hydrogen) atoms. The molecule has 6 nitrogen and oxygen atoms in total. The van der Waals surface area contributed by atoms with Gasteiger partial charge < -0.3 is 11.5 Å². The zero-order valence-electron chi connectivity index (χ0n) is 11.8. The molecule has 2 heterocycles. The largest absolute Gasteiger partial charge is 0.370 e. The number of nitrogens with two attached hydrogens (primary N) is 2. The van der Waals surface area contributed by atoms with Gasteiger partial charge in [0, 0.05) is 48.2 Å². The van der Waals surface area contributed by atoms with Gasteiger partial charge in [-0.25, -0.2) is 0 Å². The molecule has 4 N–H and O–H groups in total. The number of hydrogen-bond acceptors (Lipinski definition) is 4. The number of amides is 1. The molecule has 0 bridgehead atoms. The minimum atomic E-state index is -0.317. The van der Waals surface area contributed by atoms with Crippen LogP contribution < -0.4 is 11.5 Å². The number of carbonyl (C=O) groups is 1. The van der Waals surface area contributed by atoms with Crippen molar-refractivity contribution in [2.24, 2.45) is 11.5 Å². The van der Waals surface area contributed by atoms with Crippen LogP contribution in [0.1, 0.15) is 36.6 Å². The zero-order valence-corrected chi connectivity index (χ0v) is 11.8. The fraction of sp³-hybridized carbons (Fsp3) is 0.400. The monoisotopic (exact) mass is 285 g/mol. The van der Waals surface area contributed by atoms with Gasteiger partial charge in [-0.2, -0.15) is 5.10 Å².